The highest BCUT2D eigenvalue weighted by Gasteiger charge is 2.20. The Kier molecular flexibility index (Phi) is 9.44. The Morgan fingerprint density at radius 1 is 1.40 bits per heavy atom. The molecule has 0 fully saturated rings. The summed E-state index contributed by atoms with van der Waals surface area (Å²) in [5.41, 5.74) is 9.68. The number of carboxylic acid groups (broad SMARTS) is 1. The van der Waals surface area contributed by atoms with Crippen LogP contribution in [-0.4, -0.2) is 35.5 Å². The summed E-state index contributed by atoms with van der Waals surface area (Å²) < 4.78 is 6.77. The van der Waals surface area contributed by atoms with Crippen molar-refractivity contribution in [3.63, 3.8) is 0 Å². The molecule has 0 bridgehead atoms. The van der Waals surface area contributed by atoms with Gasteiger partial charge in [-0.15, -0.1) is 0 Å². The molecular formula is C8H19N3O4. The van der Waals surface area contributed by atoms with E-state index in [9.17, 15) is 14.4 Å². The number of carbonyl (C=O) groups excluding carboxylic acids is 2. The van der Waals surface area contributed by atoms with E-state index in [0.717, 1.165) is 0 Å². The van der Waals surface area contributed by atoms with Crippen molar-refractivity contribution in [3.05, 3.63) is 0 Å². The Balaban J connectivity index is -0.000000845. The minimum absolute atomic E-state index is 0. The average molecular weight is 222 g/mol. The molecule has 7 nitrogen and oxygen atoms in total. The monoisotopic (exact) mass is 222 g/mol. The second-order valence-corrected chi connectivity index (χ2v) is 2.23. The number of amides is 2. The van der Waals surface area contributed by atoms with Crippen LogP contribution in [0.25, 0.3) is 0 Å². The minimum atomic E-state index is -1.56. The predicted octanol–water partition coefficient (Wildman–Crippen LogP) is -1.34. The van der Waals surface area contributed by atoms with Gasteiger partial charge in [-0.1, -0.05) is 14.9 Å². The van der Waals surface area contributed by atoms with Crippen LogP contribution in [0.3, 0.4) is 0 Å². The number of nitrogens with two attached hydrogens (primary N) is 2. The maximum absolute atomic E-state index is 10.8. The molecule has 0 aromatic heterocycles. The van der Waals surface area contributed by atoms with Crippen molar-refractivity contribution in [2.24, 2.45) is 11.5 Å². The first-order valence-corrected chi connectivity index (χ1v) is 3.34. The molecule has 0 saturated heterocycles. The molecule has 0 aliphatic heterocycles. The number of hydrogen-bond donors (Lipinski definition) is 4. The maximum atomic E-state index is 10.8. The summed E-state index contributed by atoms with van der Waals surface area (Å²) in [7, 11) is 0. The molecule has 0 spiro atoms. The molecule has 6 N–H and O–H groups in total. The van der Waals surface area contributed by atoms with E-state index >= 15 is 0 Å². The Bertz CT molecular complexity index is 258. The lowest BCUT2D eigenvalue weighted by molar-refractivity contribution is -0.140. The highest BCUT2D eigenvalue weighted by molar-refractivity contribution is 5.90. The largest absolute Gasteiger partial charge is 0.481 e. The van der Waals surface area contributed by atoms with Crippen LogP contribution < -0.4 is 16.8 Å². The van der Waals surface area contributed by atoms with Gasteiger partial charge in [-0.3, -0.25) is 14.4 Å². The van der Waals surface area contributed by atoms with E-state index in [4.69, 9.17) is 17.9 Å². The topological polar surface area (TPSA) is 136 Å². The third kappa shape index (κ3) is 8.69. The molecule has 2 atom stereocenters. The third-order valence-electron chi connectivity index (χ3n) is 1.19. The average Bonchev–Trinajstić information content (AvgIpc) is 2.01. The molecule has 0 radical (unpaired) electrons. The standard InChI is InChI=1S/C6H11N3O4.2CH4/c7-2-4(10)9-3(6(8)13)1-5(11)12;;/h3H,1-2,7H2,(H2,8,13)(H,9,10)(H,11,12);2*1H4/t3-;;/m0../s1/i2D;;/t2-,3-;;. The molecule has 0 aliphatic rings. The van der Waals surface area contributed by atoms with Gasteiger partial charge < -0.3 is 21.9 Å². The molecule has 2 amide bonds. The van der Waals surface area contributed by atoms with Crippen molar-refractivity contribution in [2.75, 3.05) is 6.52 Å². The van der Waals surface area contributed by atoms with Crippen LogP contribution in [0.15, 0.2) is 0 Å². The second kappa shape index (κ2) is 8.95. The molecule has 0 saturated carbocycles. The lowest BCUT2D eigenvalue weighted by atomic mass is 10.2. The number of aliphatic carboxylic acids is 1. The summed E-state index contributed by atoms with van der Waals surface area (Å²) in [6, 6.07) is -1.34. The van der Waals surface area contributed by atoms with E-state index in [1.807, 2.05) is 5.32 Å². The van der Waals surface area contributed by atoms with Gasteiger partial charge in [0.25, 0.3) is 0 Å². The van der Waals surface area contributed by atoms with Crippen LogP contribution in [0.1, 0.15) is 22.6 Å². The van der Waals surface area contributed by atoms with E-state index in [0.29, 0.717) is 0 Å². The predicted molar refractivity (Wildman–Crippen MR) is 55.9 cm³/mol. The van der Waals surface area contributed by atoms with Crippen molar-refractivity contribution >= 4 is 17.8 Å². The minimum Gasteiger partial charge on any atom is -0.481 e. The number of rotatable bonds is 5. The van der Waals surface area contributed by atoms with E-state index in [1.54, 1.807) is 0 Å². The highest BCUT2D eigenvalue weighted by Crippen LogP contribution is 1.90. The van der Waals surface area contributed by atoms with Gasteiger partial charge in [0.15, 0.2) is 0 Å². The van der Waals surface area contributed by atoms with Gasteiger partial charge in [-0.05, 0) is 0 Å². The first-order valence-electron chi connectivity index (χ1n) is 3.91. The molecule has 0 aromatic rings. The van der Waals surface area contributed by atoms with Crippen molar-refractivity contribution in [2.45, 2.75) is 27.3 Å². The van der Waals surface area contributed by atoms with Crippen LogP contribution in [0.2, 0.25) is 0 Å². The van der Waals surface area contributed by atoms with Crippen molar-refractivity contribution in [1.82, 2.24) is 5.32 Å². The number of carbonyl (C=O) groups is 3. The van der Waals surface area contributed by atoms with E-state index in [1.165, 1.54) is 0 Å². The van der Waals surface area contributed by atoms with Gasteiger partial charge in [0.2, 0.25) is 11.8 Å². The fourth-order valence-electron chi connectivity index (χ4n) is 0.617. The molecule has 0 unspecified atom stereocenters. The van der Waals surface area contributed by atoms with Crippen LogP contribution in [0.4, 0.5) is 0 Å². The Labute approximate surface area is 90.2 Å². The summed E-state index contributed by atoms with van der Waals surface area (Å²) in [5, 5.41) is 10.3. The Hall–Kier alpha value is -1.63. The fraction of sp³-hybridized carbons (Fsp3) is 0.625. The van der Waals surface area contributed by atoms with Crippen LogP contribution in [-0.2, 0) is 14.4 Å². The molecular weight excluding hydrogens is 202 g/mol. The Morgan fingerprint density at radius 2 is 1.87 bits per heavy atom. The zero-order valence-corrected chi connectivity index (χ0v) is 6.69. The quantitative estimate of drug-likeness (QED) is 0.456. The van der Waals surface area contributed by atoms with E-state index in [2.05, 4.69) is 0 Å². The summed E-state index contributed by atoms with van der Waals surface area (Å²) in [6.07, 6.45) is -0.631. The van der Waals surface area contributed by atoms with Crippen LogP contribution in [0.5, 0.6) is 0 Å². The zero-order chi connectivity index (χ0) is 11.3. The molecule has 0 rings (SSSR count). The van der Waals surface area contributed by atoms with Crippen molar-refractivity contribution in [1.29, 1.82) is 0 Å². The molecule has 0 heterocycles. The molecule has 90 valence electrons. The second-order valence-electron chi connectivity index (χ2n) is 2.23. The van der Waals surface area contributed by atoms with Crippen molar-refractivity contribution in [3.8, 4) is 0 Å². The Morgan fingerprint density at radius 3 is 2.13 bits per heavy atom. The van der Waals surface area contributed by atoms with Gasteiger partial charge in [-0.2, -0.15) is 0 Å². The van der Waals surface area contributed by atoms with E-state index < -0.39 is 36.8 Å². The summed E-state index contributed by atoms with van der Waals surface area (Å²) >= 11 is 0. The summed E-state index contributed by atoms with van der Waals surface area (Å²) in [6.45, 7) is -1.56. The fourth-order valence-corrected chi connectivity index (χ4v) is 0.617. The first-order chi connectivity index (χ1) is 6.34. The van der Waals surface area contributed by atoms with Gasteiger partial charge in [0, 0.05) is 0 Å². The molecule has 15 heavy (non-hydrogen) atoms. The lowest BCUT2D eigenvalue weighted by Crippen LogP contribution is -2.47. The van der Waals surface area contributed by atoms with Gasteiger partial charge in [-0.25, -0.2) is 0 Å². The lowest BCUT2D eigenvalue weighted by Gasteiger charge is -2.11. The van der Waals surface area contributed by atoms with Gasteiger partial charge in [0.05, 0.1) is 14.3 Å². The normalized spacial score (nSPS) is 13.3. The number of nitrogens with one attached hydrogen (secondary N) is 1. The van der Waals surface area contributed by atoms with Crippen molar-refractivity contribution < 1.29 is 20.9 Å². The van der Waals surface area contributed by atoms with Gasteiger partial charge >= 0.3 is 5.97 Å². The highest BCUT2D eigenvalue weighted by atomic mass is 16.4. The van der Waals surface area contributed by atoms with Crippen LogP contribution >= 0.6 is 0 Å². The summed E-state index contributed by atoms with van der Waals surface area (Å²) in [4.78, 5) is 31.7. The maximum Gasteiger partial charge on any atom is 0.305 e. The zero-order valence-electron chi connectivity index (χ0n) is 7.69. The summed E-state index contributed by atoms with van der Waals surface area (Å²) in [5.74, 6) is -3.22. The van der Waals surface area contributed by atoms with E-state index in [-0.39, 0.29) is 14.9 Å². The first kappa shape index (κ1) is 15.8. The smallest absolute Gasteiger partial charge is 0.305 e. The van der Waals surface area contributed by atoms with Crippen LogP contribution in [0, 0.1) is 0 Å². The third-order valence-corrected chi connectivity index (χ3v) is 1.19. The van der Waals surface area contributed by atoms with Gasteiger partial charge in [0.1, 0.15) is 6.04 Å². The molecule has 0 aliphatic carbocycles. The SMILES string of the molecule is C.C.[2H][C@H](N)C(=O)N[C@@H](CC(=O)O)C(N)=O. The number of primary amides is 1. The number of carboxylic acids is 1. The molecule has 7 heteroatoms. The number of hydrogen-bond acceptors (Lipinski definition) is 4. The molecule has 0 aromatic carbocycles.